The summed E-state index contributed by atoms with van der Waals surface area (Å²) < 4.78 is 2.13. The van der Waals surface area contributed by atoms with Crippen molar-refractivity contribution in [3.8, 4) is 0 Å². The molecule has 5 nitrogen and oxygen atoms in total. The van der Waals surface area contributed by atoms with Crippen molar-refractivity contribution in [3.05, 3.63) is 17.2 Å². The Balaban J connectivity index is 2.05. The van der Waals surface area contributed by atoms with Gasteiger partial charge in [0.15, 0.2) is 5.69 Å². The Kier molecular flexibility index (Phi) is 2.63. The highest BCUT2D eigenvalue weighted by Gasteiger charge is 2.29. The molecule has 3 rings (SSSR count). The summed E-state index contributed by atoms with van der Waals surface area (Å²) >= 11 is 0. The third kappa shape index (κ3) is 1.74. The first kappa shape index (κ1) is 10.8. The lowest BCUT2D eigenvalue weighted by atomic mass is 10.1. The molecule has 5 heteroatoms. The molecular weight excluding hydrogens is 218 g/mol. The van der Waals surface area contributed by atoms with Crippen molar-refractivity contribution in [2.45, 2.75) is 44.7 Å². The molecule has 0 spiro atoms. The third-order valence-corrected chi connectivity index (χ3v) is 3.72. The molecule has 3 heterocycles. The molecule has 1 atom stereocenters. The van der Waals surface area contributed by atoms with Gasteiger partial charge in [0.2, 0.25) is 0 Å². The zero-order valence-electron chi connectivity index (χ0n) is 9.78. The third-order valence-electron chi connectivity index (χ3n) is 3.72. The number of fused-ring (bicyclic) bond motifs is 1. The highest BCUT2D eigenvalue weighted by molar-refractivity contribution is 5.87. The lowest BCUT2D eigenvalue weighted by Gasteiger charge is -2.19. The van der Waals surface area contributed by atoms with Crippen LogP contribution in [-0.4, -0.2) is 27.2 Å². The van der Waals surface area contributed by atoms with Crippen LogP contribution in [0.1, 0.15) is 53.7 Å². The fraction of sp³-hybridized carbons (Fsp3) is 0.667. The summed E-state index contributed by atoms with van der Waals surface area (Å²) in [4.78, 5) is 15.6. The van der Waals surface area contributed by atoms with Gasteiger partial charge in [0.25, 0.3) is 0 Å². The molecule has 1 saturated heterocycles. The van der Waals surface area contributed by atoms with Crippen LogP contribution in [0.2, 0.25) is 0 Å². The lowest BCUT2D eigenvalue weighted by molar-refractivity contribution is 0.0689. The number of imidazole rings is 1. The molecule has 1 aromatic rings. The number of hydrogen-bond acceptors (Lipinski definition) is 3. The summed E-state index contributed by atoms with van der Waals surface area (Å²) in [6.45, 7) is 1.93. The summed E-state index contributed by atoms with van der Waals surface area (Å²) in [6.07, 6.45) is 5.26. The molecule has 0 aliphatic carbocycles. The number of aromatic carboxylic acids is 1. The first-order chi connectivity index (χ1) is 8.27. The monoisotopic (exact) mass is 235 g/mol. The molecule has 0 radical (unpaired) electrons. The first-order valence-corrected chi connectivity index (χ1v) is 6.33. The van der Waals surface area contributed by atoms with Gasteiger partial charge in [0.05, 0.1) is 11.7 Å². The van der Waals surface area contributed by atoms with Gasteiger partial charge < -0.3 is 15.0 Å². The Morgan fingerprint density at radius 2 is 2.29 bits per heavy atom. The lowest BCUT2D eigenvalue weighted by Crippen LogP contribution is -2.20. The summed E-state index contributed by atoms with van der Waals surface area (Å²) in [5.74, 6) is 0.0505. The highest BCUT2D eigenvalue weighted by Crippen LogP contribution is 2.28. The zero-order valence-corrected chi connectivity index (χ0v) is 9.78. The van der Waals surface area contributed by atoms with E-state index in [-0.39, 0.29) is 11.7 Å². The minimum atomic E-state index is -0.889. The van der Waals surface area contributed by atoms with E-state index in [4.69, 9.17) is 0 Å². The van der Waals surface area contributed by atoms with E-state index in [1.807, 2.05) is 0 Å². The molecule has 92 valence electrons. The molecule has 0 saturated carbocycles. The van der Waals surface area contributed by atoms with Gasteiger partial charge in [-0.1, -0.05) is 0 Å². The van der Waals surface area contributed by atoms with Gasteiger partial charge in [0, 0.05) is 6.54 Å². The van der Waals surface area contributed by atoms with Gasteiger partial charge in [-0.2, -0.15) is 0 Å². The Morgan fingerprint density at radius 1 is 1.41 bits per heavy atom. The number of nitrogens with zero attached hydrogens (tertiary/aromatic N) is 2. The molecule has 1 unspecified atom stereocenters. The average Bonchev–Trinajstić information content (AvgIpc) is 2.95. The summed E-state index contributed by atoms with van der Waals surface area (Å²) in [6, 6.07) is 0.250. The van der Waals surface area contributed by atoms with E-state index in [9.17, 15) is 9.90 Å². The summed E-state index contributed by atoms with van der Waals surface area (Å²) in [7, 11) is 0. The normalized spacial score (nSPS) is 23.6. The van der Waals surface area contributed by atoms with E-state index in [0.29, 0.717) is 0 Å². The van der Waals surface area contributed by atoms with Crippen LogP contribution in [0.15, 0.2) is 0 Å². The smallest absolute Gasteiger partial charge is 0.356 e. The standard InChI is InChI=1S/C12H17N3O2/c16-12(17)10-9-5-1-2-7-15(9)11(14-10)8-4-3-6-13-8/h8,13H,1-7H2,(H,16,17). The average molecular weight is 235 g/mol. The van der Waals surface area contributed by atoms with Gasteiger partial charge in [-0.3, -0.25) is 0 Å². The van der Waals surface area contributed by atoms with E-state index in [0.717, 1.165) is 56.7 Å². The van der Waals surface area contributed by atoms with Crippen molar-refractivity contribution >= 4 is 5.97 Å². The molecule has 17 heavy (non-hydrogen) atoms. The van der Waals surface area contributed by atoms with E-state index >= 15 is 0 Å². The number of hydrogen-bond donors (Lipinski definition) is 2. The quantitative estimate of drug-likeness (QED) is 0.811. The summed E-state index contributed by atoms with van der Waals surface area (Å²) in [5, 5.41) is 12.6. The molecule has 0 bridgehead atoms. The fourth-order valence-electron chi connectivity index (χ4n) is 2.91. The van der Waals surface area contributed by atoms with Crippen molar-refractivity contribution in [2.24, 2.45) is 0 Å². The molecule has 1 fully saturated rings. The van der Waals surface area contributed by atoms with E-state index in [1.54, 1.807) is 0 Å². The number of carboxylic acids is 1. The summed E-state index contributed by atoms with van der Waals surface area (Å²) in [5.41, 5.74) is 1.20. The van der Waals surface area contributed by atoms with Crippen LogP contribution < -0.4 is 5.32 Å². The largest absolute Gasteiger partial charge is 0.476 e. The zero-order chi connectivity index (χ0) is 11.8. The van der Waals surface area contributed by atoms with Crippen LogP contribution in [0.5, 0.6) is 0 Å². The number of carbonyl (C=O) groups is 1. The van der Waals surface area contributed by atoms with Crippen molar-refractivity contribution in [3.63, 3.8) is 0 Å². The molecule has 0 amide bonds. The molecule has 2 aliphatic rings. The fourth-order valence-corrected chi connectivity index (χ4v) is 2.91. The van der Waals surface area contributed by atoms with Crippen LogP contribution in [0.25, 0.3) is 0 Å². The van der Waals surface area contributed by atoms with E-state index in [1.165, 1.54) is 0 Å². The van der Waals surface area contributed by atoms with Crippen LogP contribution in [-0.2, 0) is 13.0 Å². The Labute approximate surface area is 99.8 Å². The second-order valence-corrected chi connectivity index (χ2v) is 4.83. The predicted octanol–water partition coefficient (Wildman–Crippen LogP) is 1.34. The number of aromatic nitrogens is 2. The minimum absolute atomic E-state index is 0.250. The second-order valence-electron chi connectivity index (χ2n) is 4.83. The van der Waals surface area contributed by atoms with Gasteiger partial charge in [0.1, 0.15) is 5.82 Å². The Bertz CT molecular complexity index is 447. The van der Waals surface area contributed by atoms with Crippen LogP contribution in [0.4, 0.5) is 0 Å². The molecule has 1 aromatic heterocycles. The van der Waals surface area contributed by atoms with Crippen molar-refractivity contribution in [2.75, 3.05) is 6.54 Å². The topological polar surface area (TPSA) is 67.2 Å². The first-order valence-electron chi connectivity index (χ1n) is 6.33. The molecular formula is C12H17N3O2. The number of carboxylic acid groups (broad SMARTS) is 1. The van der Waals surface area contributed by atoms with Crippen molar-refractivity contribution in [1.29, 1.82) is 0 Å². The number of nitrogens with one attached hydrogen (secondary N) is 1. The molecule has 2 aliphatic heterocycles. The van der Waals surface area contributed by atoms with E-state index in [2.05, 4.69) is 14.9 Å². The van der Waals surface area contributed by atoms with Crippen molar-refractivity contribution in [1.82, 2.24) is 14.9 Å². The van der Waals surface area contributed by atoms with Crippen LogP contribution >= 0.6 is 0 Å². The van der Waals surface area contributed by atoms with Gasteiger partial charge in [-0.15, -0.1) is 0 Å². The SMILES string of the molecule is O=C(O)c1nc(C2CCCN2)n2c1CCCC2. The molecule has 0 aromatic carbocycles. The van der Waals surface area contributed by atoms with Gasteiger partial charge >= 0.3 is 5.97 Å². The predicted molar refractivity (Wildman–Crippen MR) is 62.1 cm³/mol. The van der Waals surface area contributed by atoms with Crippen LogP contribution in [0, 0.1) is 0 Å². The Morgan fingerprint density at radius 3 is 3.00 bits per heavy atom. The minimum Gasteiger partial charge on any atom is -0.476 e. The Hall–Kier alpha value is -1.36. The maximum atomic E-state index is 11.2. The molecule has 2 N–H and O–H groups in total. The van der Waals surface area contributed by atoms with Gasteiger partial charge in [-0.05, 0) is 38.6 Å². The van der Waals surface area contributed by atoms with E-state index < -0.39 is 5.97 Å². The van der Waals surface area contributed by atoms with Crippen molar-refractivity contribution < 1.29 is 9.90 Å². The highest BCUT2D eigenvalue weighted by atomic mass is 16.4. The maximum absolute atomic E-state index is 11.2. The van der Waals surface area contributed by atoms with Gasteiger partial charge in [-0.25, -0.2) is 9.78 Å². The van der Waals surface area contributed by atoms with Crippen LogP contribution in [0.3, 0.4) is 0 Å². The second kappa shape index (κ2) is 4.14. The maximum Gasteiger partial charge on any atom is 0.356 e. The number of rotatable bonds is 2.